The van der Waals surface area contributed by atoms with E-state index in [0.29, 0.717) is 6.61 Å². The van der Waals surface area contributed by atoms with Crippen LogP contribution >= 0.6 is 0 Å². The summed E-state index contributed by atoms with van der Waals surface area (Å²) in [5, 5.41) is 13.3. The van der Waals surface area contributed by atoms with Gasteiger partial charge in [0.1, 0.15) is 5.54 Å². The minimum absolute atomic E-state index is 0.245. The highest BCUT2D eigenvalue weighted by molar-refractivity contribution is 5.31. The van der Waals surface area contributed by atoms with Crippen molar-refractivity contribution in [1.29, 1.82) is 5.26 Å². The minimum atomic E-state index is -0.642. The first-order chi connectivity index (χ1) is 10.0. The van der Waals surface area contributed by atoms with Crippen molar-refractivity contribution in [2.24, 2.45) is 0 Å². The third-order valence-corrected chi connectivity index (χ3v) is 3.54. The monoisotopic (exact) mass is 289 g/mol. The third kappa shape index (κ3) is 5.47. The molecule has 0 aliphatic heterocycles. The van der Waals surface area contributed by atoms with Crippen LogP contribution in [0.4, 0.5) is 0 Å². The number of nitriles is 1. The molecule has 0 aliphatic carbocycles. The summed E-state index contributed by atoms with van der Waals surface area (Å²) >= 11 is 0. The van der Waals surface area contributed by atoms with Gasteiger partial charge in [-0.15, -0.1) is 0 Å². The van der Waals surface area contributed by atoms with Gasteiger partial charge in [0.25, 0.3) is 0 Å². The van der Waals surface area contributed by atoms with Crippen molar-refractivity contribution in [2.45, 2.75) is 31.8 Å². The zero-order valence-electron chi connectivity index (χ0n) is 13.6. The molecule has 1 N–H and O–H groups in total. The van der Waals surface area contributed by atoms with Gasteiger partial charge >= 0.3 is 0 Å². The lowest BCUT2D eigenvalue weighted by molar-refractivity contribution is 0.155. The van der Waals surface area contributed by atoms with Crippen molar-refractivity contribution in [3.8, 4) is 6.07 Å². The number of likely N-dealkylation sites (N-methyl/N-ethyl adjacent to an activating group) is 1. The van der Waals surface area contributed by atoms with Gasteiger partial charge in [-0.05, 0) is 32.9 Å². The second-order valence-electron chi connectivity index (χ2n) is 5.73. The van der Waals surface area contributed by atoms with Gasteiger partial charge in [-0.3, -0.25) is 5.32 Å². The molecule has 0 heterocycles. The number of ether oxygens (including phenoxy) is 1. The number of rotatable bonds is 9. The molecule has 0 fully saturated rings. The lowest BCUT2D eigenvalue weighted by Crippen LogP contribution is -2.47. The van der Waals surface area contributed by atoms with Gasteiger partial charge in [0.2, 0.25) is 0 Å². The van der Waals surface area contributed by atoms with Crippen molar-refractivity contribution in [2.75, 3.05) is 33.9 Å². The van der Waals surface area contributed by atoms with Gasteiger partial charge in [-0.2, -0.15) is 5.26 Å². The van der Waals surface area contributed by atoms with Crippen molar-refractivity contribution in [3.05, 3.63) is 35.9 Å². The van der Waals surface area contributed by atoms with Crippen LogP contribution in [-0.2, 0) is 10.3 Å². The molecular formula is C17H27N3O. The summed E-state index contributed by atoms with van der Waals surface area (Å²) in [5.41, 5.74) is 0.387. The van der Waals surface area contributed by atoms with Gasteiger partial charge in [-0.25, -0.2) is 0 Å². The Kier molecular flexibility index (Phi) is 7.38. The molecular weight excluding hydrogens is 262 g/mol. The Labute approximate surface area is 128 Å². The molecule has 0 amide bonds. The fourth-order valence-electron chi connectivity index (χ4n) is 2.39. The van der Waals surface area contributed by atoms with Crippen LogP contribution in [0.3, 0.4) is 0 Å². The van der Waals surface area contributed by atoms with E-state index in [-0.39, 0.29) is 6.04 Å². The van der Waals surface area contributed by atoms with E-state index in [1.165, 1.54) is 0 Å². The first-order valence-corrected chi connectivity index (χ1v) is 7.46. The lowest BCUT2D eigenvalue weighted by Gasteiger charge is -2.32. The summed E-state index contributed by atoms with van der Waals surface area (Å²) in [6, 6.07) is 12.7. The fourth-order valence-corrected chi connectivity index (χ4v) is 2.39. The molecule has 1 aromatic carbocycles. The summed E-state index contributed by atoms with van der Waals surface area (Å²) < 4.78 is 5.10. The number of benzene rings is 1. The second kappa shape index (κ2) is 8.78. The number of nitrogens with one attached hydrogen (secondary N) is 1. The molecule has 4 heteroatoms. The van der Waals surface area contributed by atoms with E-state index in [1.807, 2.05) is 30.3 Å². The zero-order chi connectivity index (χ0) is 15.7. The molecule has 0 bridgehead atoms. The Morgan fingerprint density at radius 3 is 2.48 bits per heavy atom. The second-order valence-corrected chi connectivity index (χ2v) is 5.73. The summed E-state index contributed by atoms with van der Waals surface area (Å²) in [5.74, 6) is 0. The van der Waals surface area contributed by atoms with Gasteiger partial charge < -0.3 is 9.64 Å². The highest BCUT2D eigenvalue weighted by Gasteiger charge is 2.32. The van der Waals surface area contributed by atoms with Crippen molar-refractivity contribution >= 4 is 0 Å². The molecule has 0 aliphatic rings. The first-order valence-electron chi connectivity index (χ1n) is 7.46. The van der Waals surface area contributed by atoms with Crippen LogP contribution in [0.5, 0.6) is 0 Å². The highest BCUT2D eigenvalue weighted by atomic mass is 16.5. The standard InChI is InChI=1S/C17H27N3O/c1-15(2)19-17(14-18,16-8-6-5-7-9-16)10-11-20(3)12-13-21-4/h5-9,15,19H,10-13H2,1-4H3. The average Bonchev–Trinajstić information content (AvgIpc) is 2.50. The van der Waals surface area contributed by atoms with Crippen LogP contribution in [0.25, 0.3) is 0 Å². The average molecular weight is 289 g/mol. The Morgan fingerprint density at radius 1 is 1.29 bits per heavy atom. The van der Waals surface area contributed by atoms with Crippen LogP contribution < -0.4 is 5.32 Å². The quantitative estimate of drug-likeness (QED) is 0.758. The van der Waals surface area contributed by atoms with E-state index in [4.69, 9.17) is 4.74 Å². The molecule has 0 radical (unpaired) electrons. The molecule has 1 unspecified atom stereocenters. The van der Waals surface area contributed by atoms with Gasteiger partial charge in [-0.1, -0.05) is 30.3 Å². The molecule has 21 heavy (non-hydrogen) atoms. The van der Waals surface area contributed by atoms with E-state index in [0.717, 1.165) is 25.1 Å². The predicted octanol–water partition coefficient (Wildman–Crippen LogP) is 2.37. The molecule has 1 rings (SSSR count). The maximum Gasteiger partial charge on any atom is 0.133 e. The zero-order valence-corrected chi connectivity index (χ0v) is 13.6. The SMILES string of the molecule is COCCN(C)CCC(C#N)(NC(C)C)c1ccccc1. The van der Waals surface area contributed by atoms with E-state index in [1.54, 1.807) is 7.11 Å². The van der Waals surface area contributed by atoms with Gasteiger partial charge in [0, 0.05) is 26.2 Å². The van der Waals surface area contributed by atoms with Gasteiger partial charge in [0.05, 0.1) is 12.7 Å². The maximum atomic E-state index is 9.81. The Hall–Kier alpha value is -1.41. The van der Waals surface area contributed by atoms with E-state index in [9.17, 15) is 5.26 Å². The normalized spacial score (nSPS) is 14.1. The summed E-state index contributed by atoms with van der Waals surface area (Å²) in [6.07, 6.45) is 0.742. The van der Waals surface area contributed by atoms with Crippen molar-refractivity contribution in [3.63, 3.8) is 0 Å². The van der Waals surface area contributed by atoms with Crippen LogP contribution in [0.2, 0.25) is 0 Å². The summed E-state index contributed by atoms with van der Waals surface area (Å²) in [6.45, 7) is 6.56. The Morgan fingerprint density at radius 2 is 1.95 bits per heavy atom. The molecule has 116 valence electrons. The molecule has 0 spiro atoms. The van der Waals surface area contributed by atoms with Crippen LogP contribution in [0.1, 0.15) is 25.8 Å². The molecule has 0 aromatic heterocycles. The van der Waals surface area contributed by atoms with Crippen LogP contribution in [0, 0.1) is 11.3 Å². The Balaban J connectivity index is 2.85. The third-order valence-electron chi connectivity index (χ3n) is 3.54. The van der Waals surface area contributed by atoms with Crippen molar-refractivity contribution in [1.82, 2.24) is 10.2 Å². The molecule has 0 saturated carbocycles. The lowest BCUT2D eigenvalue weighted by atomic mass is 9.87. The smallest absolute Gasteiger partial charge is 0.133 e. The number of nitrogens with zero attached hydrogens (tertiary/aromatic N) is 2. The number of hydrogen-bond acceptors (Lipinski definition) is 4. The van der Waals surface area contributed by atoms with Crippen LogP contribution in [-0.4, -0.2) is 44.8 Å². The highest BCUT2D eigenvalue weighted by Crippen LogP contribution is 2.25. The number of methoxy groups -OCH3 is 1. The number of hydrogen-bond donors (Lipinski definition) is 1. The molecule has 1 aromatic rings. The maximum absolute atomic E-state index is 9.81. The largest absolute Gasteiger partial charge is 0.383 e. The van der Waals surface area contributed by atoms with Crippen LogP contribution in [0.15, 0.2) is 30.3 Å². The first kappa shape index (κ1) is 17.6. The topological polar surface area (TPSA) is 48.3 Å². The predicted molar refractivity (Wildman–Crippen MR) is 86.0 cm³/mol. The van der Waals surface area contributed by atoms with Gasteiger partial charge in [0.15, 0.2) is 0 Å². The van der Waals surface area contributed by atoms with E-state index in [2.05, 4.69) is 37.2 Å². The van der Waals surface area contributed by atoms with Crippen molar-refractivity contribution < 1.29 is 4.74 Å². The minimum Gasteiger partial charge on any atom is -0.383 e. The van der Waals surface area contributed by atoms with E-state index >= 15 is 0 Å². The molecule has 0 saturated heterocycles. The molecule has 1 atom stereocenters. The van der Waals surface area contributed by atoms with E-state index < -0.39 is 5.54 Å². The fraction of sp³-hybridized carbons (Fsp3) is 0.588. The summed E-state index contributed by atoms with van der Waals surface area (Å²) in [4.78, 5) is 2.19. The molecule has 4 nitrogen and oxygen atoms in total. The Bertz CT molecular complexity index is 441. The summed E-state index contributed by atoms with van der Waals surface area (Å²) in [7, 11) is 3.76.